The van der Waals surface area contributed by atoms with Crippen molar-refractivity contribution in [1.82, 2.24) is 14.5 Å². The van der Waals surface area contributed by atoms with Gasteiger partial charge in [0.2, 0.25) is 0 Å². The zero-order valence-corrected chi connectivity index (χ0v) is 18.3. The third kappa shape index (κ3) is 3.45. The Morgan fingerprint density at radius 1 is 1.03 bits per heavy atom. The second kappa shape index (κ2) is 7.81. The van der Waals surface area contributed by atoms with Crippen LogP contribution in [0.25, 0.3) is 22.3 Å². The van der Waals surface area contributed by atoms with Crippen LogP contribution in [0.15, 0.2) is 53.0 Å². The van der Waals surface area contributed by atoms with Gasteiger partial charge in [-0.25, -0.2) is 9.97 Å². The highest BCUT2D eigenvalue weighted by molar-refractivity contribution is 9.10. The van der Waals surface area contributed by atoms with Gasteiger partial charge in [0.05, 0.1) is 23.9 Å². The van der Waals surface area contributed by atoms with Crippen LogP contribution in [-0.2, 0) is 13.0 Å². The Kier molecular flexibility index (Phi) is 5.21. The molecule has 0 aliphatic heterocycles. The fraction of sp³-hybridized carbons (Fsp3) is 0.208. The number of aromatic nitrogens is 3. The van der Waals surface area contributed by atoms with Crippen molar-refractivity contribution < 1.29 is 0 Å². The molecule has 4 aromatic rings. The van der Waals surface area contributed by atoms with E-state index < -0.39 is 0 Å². The lowest BCUT2D eigenvalue weighted by Gasteiger charge is -2.10. The molecule has 0 amide bonds. The molecule has 0 aliphatic carbocycles. The Balaban J connectivity index is 1.73. The predicted octanol–water partition coefficient (Wildman–Crippen LogP) is 5.96. The van der Waals surface area contributed by atoms with Gasteiger partial charge in [-0.1, -0.05) is 49.4 Å². The second-order valence-electron chi connectivity index (χ2n) is 7.13. The number of imidazole rings is 1. The zero-order chi connectivity index (χ0) is 20.5. The first kappa shape index (κ1) is 19.4. The fourth-order valence-electron chi connectivity index (χ4n) is 3.68. The van der Waals surface area contributed by atoms with Crippen LogP contribution in [0.1, 0.15) is 35.1 Å². The number of hydrogen-bond donors (Lipinski definition) is 0. The van der Waals surface area contributed by atoms with Gasteiger partial charge in [-0.15, -0.1) is 0 Å². The van der Waals surface area contributed by atoms with Gasteiger partial charge < -0.3 is 4.57 Å². The summed E-state index contributed by atoms with van der Waals surface area (Å²) in [5.74, 6) is 1.03. The molecule has 4 rings (SSSR count). The molecule has 2 aromatic heterocycles. The molecular weight excluding hydrogens is 424 g/mol. The quantitative estimate of drug-likeness (QED) is 0.390. The smallest absolute Gasteiger partial charge is 0.160 e. The molecule has 4 nitrogen and oxygen atoms in total. The molecule has 144 valence electrons. The standard InChI is InChI=1S/C24H21BrN4/c1-4-21-28-23-15(2)22(25)16(3)27-24(23)29(21)14-17-9-11-18(12-10-17)20-8-6-5-7-19(20)13-26/h5-12H,4,14H2,1-3H3. The number of pyridine rings is 1. The molecule has 0 atom stereocenters. The summed E-state index contributed by atoms with van der Waals surface area (Å²) in [6.45, 7) is 6.93. The lowest BCUT2D eigenvalue weighted by molar-refractivity contribution is 0.745. The van der Waals surface area contributed by atoms with Crippen LogP contribution < -0.4 is 0 Å². The number of nitrogens with zero attached hydrogens (tertiary/aromatic N) is 4. The van der Waals surface area contributed by atoms with E-state index in [2.05, 4.69) is 64.7 Å². The summed E-state index contributed by atoms with van der Waals surface area (Å²) in [5.41, 5.74) is 7.86. The third-order valence-corrected chi connectivity index (χ3v) is 6.43. The minimum absolute atomic E-state index is 0.690. The Morgan fingerprint density at radius 2 is 1.76 bits per heavy atom. The molecule has 2 heterocycles. The summed E-state index contributed by atoms with van der Waals surface area (Å²) in [7, 11) is 0. The van der Waals surface area contributed by atoms with E-state index in [9.17, 15) is 5.26 Å². The molecule has 0 N–H and O–H groups in total. The van der Waals surface area contributed by atoms with E-state index in [-0.39, 0.29) is 0 Å². The number of halogens is 1. The number of fused-ring (bicyclic) bond motifs is 1. The zero-order valence-electron chi connectivity index (χ0n) is 16.7. The molecule has 0 radical (unpaired) electrons. The summed E-state index contributed by atoms with van der Waals surface area (Å²) in [6.07, 6.45) is 0.847. The highest BCUT2D eigenvalue weighted by atomic mass is 79.9. The number of nitriles is 1. The SMILES string of the molecule is CCc1nc2c(C)c(Br)c(C)nc2n1Cc1ccc(-c2ccccc2C#N)cc1. The third-order valence-electron chi connectivity index (χ3n) is 5.26. The van der Waals surface area contributed by atoms with Crippen molar-refractivity contribution in [3.05, 3.63) is 81.2 Å². The minimum atomic E-state index is 0.690. The van der Waals surface area contributed by atoms with E-state index in [1.807, 2.05) is 31.2 Å². The monoisotopic (exact) mass is 444 g/mol. The maximum atomic E-state index is 9.36. The van der Waals surface area contributed by atoms with Crippen LogP contribution in [0, 0.1) is 25.2 Å². The number of aryl methyl sites for hydroxylation is 3. The van der Waals surface area contributed by atoms with Crippen molar-refractivity contribution in [2.75, 3.05) is 0 Å². The van der Waals surface area contributed by atoms with Crippen molar-refractivity contribution in [3.63, 3.8) is 0 Å². The molecule has 0 aliphatic rings. The normalized spacial score (nSPS) is 11.0. The van der Waals surface area contributed by atoms with Crippen LogP contribution in [0.3, 0.4) is 0 Å². The highest BCUT2D eigenvalue weighted by Crippen LogP contribution is 2.29. The van der Waals surface area contributed by atoms with Crippen LogP contribution in [0.5, 0.6) is 0 Å². The van der Waals surface area contributed by atoms with Crippen molar-refractivity contribution in [1.29, 1.82) is 5.26 Å². The van der Waals surface area contributed by atoms with Gasteiger partial charge in [0.25, 0.3) is 0 Å². The maximum absolute atomic E-state index is 9.36. The van der Waals surface area contributed by atoms with E-state index in [1.165, 1.54) is 5.56 Å². The molecule has 0 bridgehead atoms. The summed E-state index contributed by atoms with van der Waals surface area (Å²) in [5, 5.41) is 9.36. The fourth-order valence-corrected chi connectivity index (χ4v) is 3.95. The summed E-state index contributed by atoms with van der Waals surface area (Å²) < 4.78 is 3.23. The summed E-state index contributed by atoms with van der Waals surface area (Å²) >= 11 is 3.63. The lowest BCUT2D eigenvalue weighted by atomic mass is 9.99. The van der Waals surface area contributed by atoms with Crippen LogP contribution in [0.2, 0.25) is 0 Å². The van der Waals surface area contributed by atoms with E-state index in [1.54, 1.807) is 0 Å². The summed E-state index contributed by atoms with van der Waals surface area (Å²) in [4.78, 5) is 9.66. The maximum Gasteiger partial charge on any atom is 0.160 e. The topological polar surface area (TPSA) is 54.5 Å². The Hall–Kier alpha value is -2.97. The molecule has 29 heavy (non-hydrogen) atoms. The first-order valence-corrected chi connectivity index (χ1v) is 10.4. The van der Waals surface area contributed by atoms with Gasteiger partial charge in [-0.3, -0.25) is 0 Å². The first-order valence-electron chi connectivity index (χ1n) is 9.63. The van der Waals surface area contributed by atoms with Gasteiger partial charge in [0, 0.05) is 10.9 Å². The molecule has 0 saturated heterocycles. The van der Waals surface area contributed by atoms with E-state index in [0.29, 0.717) is 12.1 Å². The van der Waals surface area contributed by atoms with Gasteiger partial charge in [-0.05, 0) is 58.1 Å². The Bertz CT molecular complexity index is 1250. The highest BCUT2D eigenvalue weighted by Gasteiger charge is 2.16. The number of rotatable bonds is 4. The lowest BCUT2D eigenvalue weighted by Crippen LogP contribution is -2.06. The minimum Gasteiger partial charge on any atom is -0.308 e. The molecule has 0 saturated carbocycles. The van der Waals surface area contributed by atoms with Crippen molar-refractivity contribution in [3.8, 4) is 17.2 Å². The first-order chi connectivity index (χ1) is 14.0. The number of benzene rings is 2. The largest absolute Gasteiger partial charge is 0.308 e. The van der Waals surface area contributed by atoms with Crippen LogP contribution in [0.4, 0.5) is 0 Å². The van der Waals surface area contributed by atoms with Gasteiger partial charge in [0.1, 0.15) is 11.3 Å². The Labute approximate surface area is 179 Å². The van der Waals surface area contributed by atoms with Crippen molar-refractivity contribution in [2.45, 2.75) is 33.7 Å². The van der Waals surface area contributed by atoms with Gasteiger partial charge >= 0.3 is 0 Å². The summed E-state index contributed by atoms with van der Waals surface area (Å²) in [6, 6.07) is 18.4. The molecule has 5 heteroatoms. The van der Waals surface area contributed by atoms with E-state index in [0.717, 1.165) is 50.3 Å². The van der Waals surface area contributed by atoms with Crippen LogP contribution in [-0.4, -0.2) is 14.5 Å². The van der Waals surface area contributed by atoms with Gasteiger partial charge in [-0.2, -0.15) is 5.26 Å². The molecule has 0 spiro atoms. The average molecular weight is 445 g/mol. The Morgan fingerprint density at radius 3 is 2.45 bits per heavy atom. The molecular formula is C24H21BrN4. The molecule has 0 fully saturated rings. The van der Waals surface area contributed by atoms with Crippen molar-refractivity contribution in [2.24, 2.45) is 0 Å². The van der Waals surface area contributed by atoms with E-state index >= 15 is 0 Å². The van der Waals surface area contributed by atoms with Crippen LogP contribution >= 0.6 is 15.9 Å². The molecule has 0 unspecified atom stereocenters. The van der Waals surface area contributed by atoms with E-state index in [4.69, 9.17) is 9.97 Å². The molecule has 2 aromatic carbocycles. The van der Waals surface area contributed by atoms with Gasteiger partial charge in [0.15, 0.2) is 5.65 Å². The predicted molar refractivity (Wildman–Crippen MR) is 120 cm³/mol. The second-order valence-corrected chi connectivity index (χ2v) is 7.92. The number of hydrogen-bond acceptors (Lipinski definition) is 3. The average Bonchev–Trinajstić information content (AvgIpc) is 3.10. The van der Waals surface area contributed by atoms with Crippen molar-refractivity contribution >= 4 is 27.1 Å².